The van der Waals surface area contributed by atoms with Gasteiger partial charge < -0.3 is 0 Å². The number of benzene rings is 20. The van der Waals surface area contributed by atoms with Crippen molar-refractivity contribution in [3.8, 4) is 55.6 Å². The summed E-state index contributed by atoms with van der Waals surface area (Å²) in [6.45, 7) is 19.2. The topological polar surface area (TPSA) is 0 Å². The second-order valence-electron chi connectivity index (χ2n) is 37.2. The maximum absolute atomic E-state index is 2.52. The van der Waals surface area contributed by atoms with E-state index in [1.807, 2.05) is 47.0 Å². The Kier molecular flexibility index (Phi) is 19.7. The first-order valence-corrected chi connectivity index (χ1v) is 48.1. The summed E-state index contributed by atoms with van der Waals surface area (Å²) in [5, 5.41) is 12.7. The third-order valence-corrected chi connectivity index (χ3v) is 33.1. The summed E-state index contributed by atoms with van der Waals surface area (Å²) < 4.78 is 0. The number of fused-ring (bicyclic) bond motifs is 13. The Bertz CT molecular complexity index is 7500. The van der Waals surface area contributed by atoms with E-state index in [0.29, 0.717) is 0 Å². The SMILES string of the molecule is CC(C)(c1ccccc1)c1ccc2c(c1)Sc1cc(-c3c4ccccc4c(-c4ccc5ccccc5c4)c4ccccc34)cc3c1B2c1ccc(C(C)(C)c2ccccc2)cc1S3.CC(C)(c1ccccc1)c1ccc2c(c1)Sc1cc(-c3cccc(-c4c5ccccc5c(-c5ccccc5)c5ccccc45)c3)cc3c1B2c1ccc(C(C)(C)c2ccccc2)cc1S3. The van der Waals surface area contributed by atoms with Crippen molar-refractivity contribution in [1.82, 2.24) is 0 Å². The van der Waals surface area contributed by atoms with Gasteiger partial charge in [0.25, 0.3) is 0 Å². The highest BCUT2D eigenvalue weighted by Crippen LogP contribution is 2.52. The third-order valence-electron chi connectivity index (χ3n) is 28.6. The fourth-order valence-corrected chi connectivity index (χ4v) is 26.4. The van der Waals surface area contributed by atoms with E-state index in [1.54, 1.807) is 0 Å². The smallest absolute Gasteiger partial charge is 0.0911 e. The van der Waals surface area contributed by atoms with Crippen LogP contribution in [-0.4, -0.2) is 13.4 Å². The average Bonchev–Trinajstić information content (AvgIpc) is 0.713. The van der Waals surface area contributed by atoms with Crippen LogP contribution < -0.4 is 32.8 Å². The largest absolute Gasteiger partial charge is 0.247 e. The van der Waals surface area contributed by atoms with Gasteiger partial charge in [-0.3, -0.25) is 0 Å². The van der Waals surface area contributed by atoms with Crippen LogP contribution in [0.3, 0.4) is 0 Å². The lowest BCUT2D eigenvalue weighted by Crippen LogP contribution is -2.58. The molecular weight excluding hydrogens is 1620 g/mol. The number of hydrogen-bond donors (Lipinski definition) is 0. The summed E-state index contributed by atoms with van der Waals surface area (Å²) in [6.07, 6.45) is 0. The van der Waals surface area contributed by atoms with Gasteiger partial charge in [-0.15, -0.1) is 0 Å². The molecule has 0 saturated heterocycles. The molecule has 0 aromatic heterocycles. The highest BCUT2D eigenvalue weighted by Gasteiger charge is 2.43. The Balaban J connectivity index is 0.000000147. The minimum absolute atomic E-state index is 0.142. The lowest BCUT2D eigenvalue weighted by molar-refractivity contribution is 0.639. The van der Waals surface area contributed by atoms with Crippen molar-refractivity contribution in [2.75, 3.05) is 0 Å². The molecule has 0 aliphatic carbocycles. The van der Waals surface area contributed by atoms with Crippen LogP contribution in [0.4, 0.5) is 0 Å². The minimum Gasteiger partial charge on any atom is -0.0911 e. The highest BCUT2D eigenvalue weighted by atomic mass is 32.2. The first-order chi connectivity index (χ1) is 62.5. The van der Waals surface area contributed by atoms with Crippen LogP contribution in [0.15, 0.2) is 452 Å². The van der Waals surface area contributed by atoms with Crippen LogP contribution >= 0.6 is 47.0 Å². The van der Waals surface area contributed by atoms with E-state index in [-0.39, 0.29) is 35.1 Å². The molecule has 20 aromatic carbocycles. The first kappa shape index (κ1) is 79.8. The minimum atomic E-state index is -0.146. The Morgan fingerprint density at radius 2 is 0.422 bits per heavy atom. The van der Waals surface area contributed by atoms with Crippen molar-refractivity contribution in [2.24, 2.45) is 0 Å². The molecule has 0 nitrogen and oxygen atoms in total. The number of rotatable bonds is 13. The van der Waals surface area contributed by atoms with Gasteiger partial charge >= 0.3 is 0 Å². The van der Waals surface area contributed by atoms with E-state index in [1.165, 1.54) is 226 Å². The molecule has 610 valence electrons. The van der Waals surface area contributed by atoms with Crippen molar-refractivity contribution < 1.29 is 0 Å². The predicted molar refractivity (Wildman–Crippen MR) is 553 cm³/mol. The van der Waals surface area contributed by atoms with Crippen molar-refractivity contribution >= 4 is 147 Å². The first-order valence-electron chi connectivity index (χ1n) is 44.9. The van der Waals surface area contributed by atoms with E-state index < -0.39 is 0 Å². The van der Waals surface area contributed by atoms with Crippen molar-refractivity contribution in [2.45, 2.75) is 116 Å². The van der Waals surface area contributed by atoms with Gasteiger partial charge in [0, 0.05) is 60.8 Å². The third kappa shape index (κ3) is 13.5. The van der Waals surface area contributed by atoms with Gasteiger partial charge in [-0.2, -0.15) is 0 Å². The number of hydrogen-bond acceptors (Lipinski definition) is 4. The Labute approximate surface area is 769 Å². The average molecular weight is 1710 g/mol. The molecule has 20 aromatic rings. The summed E-state index contributed by atoms with van der Waals surface area (Å²) in [5.74, 6) is 0. The summed E-state index contributed by atoms with van der Waals surface area (Å²) >= 11 is 7.83. The molecule has 4 heterocycles. The normalized spacial score (nSPS) is 13.2. The zero-order chi connectivity index (χ0) is 86.3. The fourth-order valence-electron chi connectivity index (χ4n) is 21.2. The molecule has 24 rings (SSSR count). The fraction of sp³-hybridized carbons (Fsp3) is 0.0984. The molecule has 6 heteroatoms. The van der Waals surface area contributed by atoms with Gasteiger partial charge in [-0.1, -0.05) is 476 Å². The summed E-state index contributed by atoms with van der Waals surface area (Å²) in [5.41, 5.74) is 31.2. The Hall–Kier alpha value is -12.8. The molecular formula is C122H92B2S4. The second-order valence-corrected chi connectivity index (χ2v) is 41.5. The van der Waals surface area contributed by atoms with Crippen molar-refractivity contribution in [1.29, 1.82) is 0 Å². The van der Waals surface area contributed by atoms with Gasteiger partial charge in [0.2, 0.25) is 13.4 Å². The lowest BCUT2D eigenvalue weighted by Gasteiger charge is -2.36. The van der Waals surface area contributed by atoms with E-state index in [0.717, 1.165) is 0 Å². The molecule has 128 heavy (non-hydrogen) atoms. The molecule has 0 atom stereocenters. The van der Waals surface area contributed by atoms with Crippen LogP contribution in [-0.2, 0) is 21.7 Å². The van der Waals surface area contributed by atoms with Crippen molar-refractivity contribution in [3.05, 3.63) is 457 Å². The van der Waals surface area contributed by atoms with Gasteiger partial charge in [0.1, 0.15) is 0 Å². The van der Waals surface area contributed by atoms with Crippen molar-refractivity contribution in [3.63, 3.8) is 0 Å². The predicted octanol–water partition coefficient (Wildman–Crippen LogP) is 29.7. The van der Waals surface area contributed by atoms with E-state index in [2.05, 4.69) is 468 Å². The summed E-state index contributed by atoms with van der Waals surface area (Å²) in [7, 11) is 0. The van der Waals surface area contributed by atoms with Gasteiger partial charge in [-0.05, 0) is 226 Å². The highest BCUT2D eigenvalue weighted by molar-refractivity contribution is 8.02. The van der Waals surface area contributed by atoms with Crippen LogP contribution in [0.5, 0.6) is 0 Å². The van der Waals surface area contributed by atoms with E-state index >= 15 is 0 Å². The summed E-state index contributed by atoms with van der Waals surface area (Å²) in [4.78, 5) is 10.8. The lowest BCUT2D eigenvalue weighted by atomic mass is 9.36. The van der Waals surface area contributed by atoms with Gasteiger partial charge in [0.15, 0.2) is 0 Å². The molecule has 0 N–H and O–H groups in total. The molecule has 0 radical (unpaired) electrons. The maximum Gasteiger partial charge on any atom is 0.247 e. The van der Waals surface area contributed by atoms with E-state index in [4.69, 9.17) is 0 Å². The standard InChI is InChI=1S/C62H47BS2.C60H45BS2/c1-61(2,44-23-10-6-11-24-44)46-31-33-52-54(38-46)64-56-36-43(37-57-60(56)63(52)53-34-32-47(39-55(53)65-57)62(3,4)45-25-12-7-13-26-45)41-21-18-22-42(35-41)59-50-29-16-14-27-48(50)58(40-19-8-5-9-20-40)49-28-15-17-30-51(49)59;1-59(2,42-19-7-5-8-20-42)44-29-31-50-52(36-44)62-54-34-41(35-55-58(54)61(50)51-32-30-45(37-53(51)63-55)60(3,4)43-21-9-6-10-22-43)57-48-25-15-13-23-46(48)56(47-24-14-16-26-49(47)57)40-28-27-38-17-11-12-18-39(38)33-40/h5-39H,1-4H3;5-37H,1-4H3. The summed E-state index contributed by atoms with van der Waals surface area (Å²) in [6, 6.07) is 155. The molecule has 0 amide bonds. The molecule has 0 unspecified atom stereocenters. The molecule has 0 fully saturated rings. The van der Waals surface area contributed by atoms with Crippen LogP contribution in [0.25, 0.3) is 109 Å². The zero-order valence-electron chi connectivity index (χ0n) is 73.0. The van der Waals surface area contributed by atoms with Crippen LogP contribution in [0.2, 0.25) is 0 Å². The van der Waals surface area contributed by atoms with Crippen LogP contribution in [0.1, 0.15) is 99.9 Å². The molecule has 4 aliphatic heterocycles. The Morgan fingerprint density at radius 3 is 0.758 bits per heavy atom. The quantitative estimate of drug-likeness (QED) is 0.0833. The molecule has 0 spiro atoms. The molecule has 0 saturated carbocycles. The Morgan fingerprint density at radius 1 is 0.164 bits per heavy atom. The molecule has 4 aliphatic rings. The maximum atomic E-state index is 2.52. The molecule has 0 bridgehead atoms. The monoisotopic (exact) mass is 1710 g/mol. The van der Waals surface area contributed by atoms with Crippen LogP contribution in [0, 0.1) is 0 Å². The van der Waals surface area contributed by atoms with Gasteiger partial charge in [0.05, 0.1) is 0 Å². The second kappa shape index (κ2) is 31.6. The van der Waals surface area contributed by atoms with Gasteiger partial charge in [-0.25, -0.2) is 0 Å². The zero-order valence-corrected chi connectivity index (χ0v) is 76.3. The van der Waals surface area contributed by atoms with E-state index in [9.17, 15) is 0 Å².